The lowest BCUT2D eigenvalue weighted by Gasteiger charge is -2.19. The Morgan fingerprint density at radius 2 is 2.07 bits per heavy atom. The fourth-order valence-electron chi connectivity index (χ4n) is 2.15. The van der Waals surface area contributed by atoms with Gasteiger partial charge in [-0.2, -0.15) is 0 Å². The van der Waals surface area contributed by atoms with Crippen LogP contribution in [0, 0.1) is 0 Å². The number of carbonyl (C=O) groups is 1. The summed E-state index contributed by atoms with van der Waals surface area (Å²) in [5, 5.41) is 0. The van der Waals surface area contributed by atoms with Gasteiger partial charge in [-0.25, -0.2) is 0 Å². The van der Waals surface area contributed by atoms with Gasteiger partial charge in [-0.15, -0.1) is 0 Å². The Hall–Kier alpha value is -1.31. The molecule has 0 saturated heterocycles. The third kappa shape index (κ3) is 1.41. The minimum absolute atomic E-state index is 0.674. The summed E-state index contributed by atoms with van der Waals surface area (Å²) >= 11 is 0. The van der Waals surface area contributed by atoms with E-state index in [-0.39, 0.29) is 0 Å². The highest BCUT2D eigenvalue weighted by atomic mass is 16.5. The second-order valence-electron chi connectivity index (χ2n) is 3.65. The van der Waals surface area contributed by atoms with Crippen LogP contribution in [-0.4, -0.2) is 13.4 Å². The molecular formula is C12H14O2. The van der Waals surface area contributed by atoms with Crippen LogP contribution in [-0.2, 0) is 12.8 Å². The van der Waals surface area contributed by atoms with E-state index in [4.69, 9.17) is 4.74 Å². The van der Waals surface area contributed by atoms with E-state index in [1.807, 2.05) is 6.07 Å². The molecule has 0 N–H and O–H groups in total. The molecule has 0 aliphatic heterocycles. The molecular weight excluding hydrogens is 176 g/mol. The largest absolute Gasteiger partial charge is 0.496 e. The Bertz CT molecular complexity index is 356. The Kier molecular flexibility index (Phi) is 2.53. The van der Waals surface area contributed by atoms with Gasteiger partial charge in [0.15, 0.2) is 6.29 Å². The number of benzene rings is 1. The van der Waals surface area contributed by atoms with Crippen molar-refractivity contribution in [3.05, 3.63) is 28.8 Å². The van der Waals surface area contributed by atoms with Crippen molar-refractivity contribution in [2.24, 2.45) is 0 Å². The second-order valence-corrected chi connectivity index (χ2v) is 3.65. The lowest BCUT2D eigenvalue weighted by molar-refractivity contribution is 0.112. The first-order valence-corrected chi connectivity index (χ1v) is 5.00. The number of aryl methyl sites for hydroxylation is 1. The summed E-state index contributed by atoms with van der Waals surface area (Å²) in [7, 11) is 1.64. The topological polar surface area (TPSA) is 26.3 Å². The molecule has 1 aliphatic carbocycles. The lowest BCUT2D eigenvalue weighted by Crippen LogP contribution is -2.06. The third-order valence-electron chi connectivity index (χ3n) is 2.84. The Labute approximate surface area is 83.9 Å². The van der Waals surface area contributed by atoms with E-state index in [0.717, 1.165) is 24.9 Å². The molecule has 0 atom stereocenters. The van der Waals surface area contributed by atoms with Crippen molar-refractivity contribution in [2.75, 3.05) is 7.11 Å². The quantitative estimate of drug-likeness (QED) is 0.669. The number of ether oxygens (including phenoxy) is 1. The molecule has 1 aromatic rings. The van der Waals surface area contributed by atoms with Gasteiger partial charge in [0.2, 0.25) is 0 Å². The van der Waals surface area contributed by atoms with Crippen molar-refractivity contribution >= 4 is 6.29 Å². The molecule has 0 aromatic heterocycles. The molecule has 0 heterocycles. The first kappa shape index (κ1) is 9.25. The third-order valence-corrected chi connectivity index (χ3v) is 2.84. The van der Waals surface area contributed by atoms with Gasteiger partial charge in [0, 0.05) is 0 Å². The highest BCUT2D eigenvalue weighted by molar-refractivity contribution is 5.80. The van der Waals surface area contributed by atoms with Crippen LogP contribution in [0.5, 0.6) is 5.75 Å². The van der Waals surface area contributed by atoms with E-state index in [2.05, 4.69) is 6.07 Å². The smallest absolute Gasteiger partial charge is 0.153 e. The van der Waals surface area contributed by atoms with E-state index < -0.39 is 0 Å². The number of aldehydes is 1. The summed E-state index contributed by atoms with van der Waals surface area (Å²) < 4.78 is 5.30. The second kappa shape index (κ2) is 3.82. The van der Waals surface area contributed by atoms with Crippen molar-refractivity contribution in [3.63, 3.8) is 0 Å². The fourth-order valence-corrected chi connectivity index (χ4v) is 2.15. The van der Waals surface area contributed by atoms with Crippen molar-refractivity contribution < 1.29 is 9.53 Å². The highest BCUT2D eigenvalue weighted by Crippen LogP contribution is 2.31. The molecule has 2 rings (SSSR count). The van der Waals surface area contributed by atoms with Crippen LogP contribution in [0.15, 0.2) is 12.1 Å². The van der Waals surface area contributed by atoms with E-state index in [9.17, 15) is 4.79 Å². The van der Waals surface area contributed by atoms with Gasteiger partial charge in [0.1, 0.15) is 5.75 Å². The van der Waals surface area contributed by atoms with Crippen LogP contribution in [0.3, 0.4) is 0 Å². The van der Waals surface area contributed by atoms with Crippen molar-refractivity contribution in [2.45, 2.75) is 25.7 Å². The zero-order valence-corrected chi connectivity index (χ0v) is 8.38. The average Bonchev–Trinajstić information content (AvgIpc) is 2.27. The summed E-state index contributed by atoms with van der Waals surface area (Å²) in [6, 6.07) is 3.91. The molecule has 1 aromatic carbocycles. The zero-order valence-electron chi connectivity index (χ0n) is 8.38. The summed E-state index contributed by atoms with van der Waals surface area (Å²) in [5.74, 6) is 0.789. The maximum atomic E-state index is 10.8. The van der Waals surface area contributed by atoms with Crippen LogP contribution in [0.2, 0.25) is 0 Å². The highest BCUT2D eigenvalue weighted by Gasteiger charge is 2.16. The van der Waals surface area contributed by atoms with E-state index in [1.165, 1.54) is 24.0 Å². The average molecular weight is 190 g/mol. The number of methoxy groups -OCH3 is 1. The van der Waals surface area contributed by atoms with Crippen LogP contribution >= 0.6 is 0 Å². The molecule has 2 nitrogen and oxygen atoms in total. The van der Waals surface area contributed by atoms with Crippen molar-refractivity contribution in [1.29, 1.82) is 0 Å². The predicted octanol–water partition coefficient (Wildman–Crippen LogP) is 2.39. The Morgan fingerprint density at radius 1 is 1.29 bits per heavy atom. The number of hydrogen-bond donors (Lipinski definition) is 0. The number of hydrogen-bond acceptors (Lipinski definition) is 2. The van der Waals surface area contributed by atoms with Crippen LogP contribution in [0.4, 0.5) is 0 Å². The van der Waals surface area contributed by atoms with E-state index >= 15 is 0 Å². The first-order chi connectivity index (χ1) is 6.86. The molecule has 0 unspecified atom stereocenters. The van der Waals surface area contributed by atoms with Crippen LogP contribution < -0.4 is 4.74 Å². The van der Waals surface area contributed by atoms with E-state index in [1.54, 1.807) is 7.11 Å². The van der Waals surface area contributed by atoms with Gasteiger partial charge >= 0.3 is 0 Å². The zero-order chi connectivity index (χ0) is 9.97. The van der Waals surface area contributed by atoms with Gasteiger partial charge < -0.3 is 4.74 Å². The molecule has 0 bridgehead atoms. The normalized spacial score (nSPS) is 14.6. The van der Waals surface area contributed by atoms with Crippen LogP contribution in [0.25, 0.3) is 0 Å². The first-order valence-electron chi connectivity index (χ1n) is 5.00. The van der Waals surface area contributed by atoms with Gasteiger partial charge in [-0.05, 0) is 42.9 Å². The molecule has 0 saturated carbocycles. The molecule has 0 fully saturated rings. The standard InChI is InChI=1S/C12H14O2/c1-14-12-10(8-13)7-6-9-4-2-3-5-11(9)12/h6-8H,2-5H2,1H3. The molecule has 0 spiro atoms. The van der Waals surface area contributed by atoms with E-state index in [0.29, 0.717) is 5.56 Å². The lowest BCUT2D eigenvalue weighted by atomic mass is 9.89. The van der Waals surface area contributed by atoms with Gasteiger partial charge in [0.05, 0.1) is 12.7 Å². The summed E-state index contributed by atoms with van der Waals surface area (Å²) in [6.45, 7) is 0. The van der Waals surface area contributed by atoms with Gasteiger partial charge in [0.25, 0.3) is 0 Å². The minimum atomic E-state index is 0.674. The van der Waals surface area contributed by atoms with Crippen molar-refractivity contribution in [3.8, 4) is 5.75 Å². The number of rotatable bonds is 2. The SMILES string of the molecule is COc1c(C=O)ccc2c1CCCC2. The summed E-state index contributed by atoms with van der Waals surface area (Å²) in [6.07, 6.45) is 5.47. The fraction of sp³-hybridized carbons (Fsp3) is 0.417. The maximum absolute atomic E-state index is 10.8. The number of fused-ring (bicyclic) bond motifs is 1. The molecule has 0 amide bonds. The van der Waals surface area contributed by atoms with Gasteiger partial charge in [-0.1, -0.05) is 6.07 Å². The Morgan fingerprint density at radius 3 is 2.79 bits per heavy atom. The van der Waals surface area contributed by atoms with Gasteiger partial charge in [-0.3, -0.25) is 4.79 Å². The predicted molar refractivity (Wildman–Crippen MR) is 55.0 cm³/mol. The molecule has 2 heteroatoms. The molecule has 1 aliphatic rings. The monoisotopic (exact) mass is 190 g/mol. The summed E-state index contributed by atoms with van der Waals surface area (Å²) in [4.78, 5) is 10.8. The molecule has 74 valence electrons. The van der Waals surface area contributed by atoms with Crippen LogP contribution in [0.1, 0.15) is 34.3 Å². The molecule has 0 radical (unpaired) electrons. The van der Waals surface area contributed by atoms with Crippen molar-refractivity contribution in [1.82, 2.24) is 0 Å². The Balaban J connectivity index is 2.55. The molecule has 14 heavy (non-hydrogen) atoms. The summed E-state index contributed by atoms with van der Waals surface area (Å²) in [5.41, 5.74) is 3.26. The number of carbonyl (C=O) groups excluding carboxylic acids is 1. The minimum Gasteiger partial charge on any atom is -0.496 e. The maximum Gasteiger partial charge on any atom is 0.153 e.